The average Bonchev–Trinajstić information content (AvgIpc) is 2.52. The van der Waals surface area contributed by atoms with E-state index in [1.165, 1.54) is 70.6 Å². The van der Waals surface area contributed by atoms with E-state index < -0.39 is 0 Å². The van der Waals surface area contributed by atoms with Crippen molar-refractivity contribution in [1.82, 2.24) is 4.90 Å². The zero-order valence-corrected chi connectivity index (χ0v) is 15.9. The molecule has 0 spiro atoms. The van der Waals surface area contributed by atoms with E-state index in [-0.39, 0.29) is 5.97 Å². The van der Waals surface area contributed by atoms with Crippen LogP contribution in [0, 0.1) is 0 Å². The number of carbonyl (C=O) groups excluding carboxylic acids is 1. The van der Waals surface area contributed by atoms with Crippen molar-refractivity contribution < 1.29 is 9.53 Å². The lowest BCUT2D eigenvalue weighted by Gasteiger charge is -2.16. The SMILES string of the molecule is C=C(C)C(=O)OCCN(C)CCCCCCCCCCCCC. The smallest absolute Gasteiger partial charge is 0.333 e. The van der Waals surface area contributed by atoms with E-state index in [4.69, 9.17) is 4.74 Å². The molecular formula is C20H39NO2. The first-order chi connectivity index (χ1) is 11.1. The second-order valence-electron chi connectivity index (χ2n) is 6.76. The van der Waals surface area contributed by atoms with Gasteiger partial charge in [-0.1, -0.05) is 77.7 Å². The molecule has 0 aromatic rings. The molecule has 3 nitrogen and oxygen atoms in total. The van der Waals surface area contributed by atoms with Crippen molar-refractivity contribution >= 4 is 5.97 Å². The Labute approximate surface area is 144 Å². The summed E-state index contributed by atoms with van der Waals surface area (Å²) in [7, 11) is 2.09. The molecule has 23 heavy (non-hydrogen) atoms. The Kier molecular flexibility index (Phi) is 15.5. The van der Waals surface area contributed by atoms with Crippen LogP contribution in [0.4, 0.5) is 0 Å². The third-order valence-electron chi connectivity index (χ3n) is 4.20. The summed E-state index contributed by atoms with van der Waals surface area (Å²) in [5.74, 6) is -0.284. The summed E-state index contributed by atoms with van der Waals surface area (Å²) in [4.78, 5) is 13.5. The molecule has 0 radical (unpaired) electrons. The molecule has 0 fully saturated rings. The Hall–Kier alpha value is -0.830. The van der Waals surface area contributed by atoms with Crippen LogP contribution in [0.15, 0.2) is 12.2 Å². The molecule has 0 aromatic carbocycles. The van der Waals surface area contributed by atoms with Crippen LogP contribution in [0.25, 0.3) is 0 Å². The molecule has 3 heteroatoms. The van der Waals surface area contributed by atoms with E-state index in [1.54, 1.807) is 6.92 Å². The van der Waals surface area contributed by atoms with Gasteiger partial charge in [-0.25, -0.2) is 4.79 Å². The van der Waals surface area contributed by atoms with E-state index in [2.05, 4.69) is 25.5 Å². The maximum Gasteiger partial charge on any atom is 0.333 e. The van der Waals surface area contributed by atoms with Crippen molar-refractivity contribution in [3.05, 3.63) is 12.2 Å². The predicted molar refractivity (Wildman–Crippen MR) is 99.7 cm³/mol. The zero-order valence-electron chi connectivity index (χ0n) is 15.9. The number of rotatable bonds is 16. The molecule has 0 bridgehead atoms. The number of hydrogen-bond acceptors (Lipinski definition) is 3. The number of esters is 1. The summed E-state index contributed by atoms with van der Waals surface area (Å²) < 4.78 is 5.10. The maximum absolute atomic E-state index is 11.2. The van der Waals surface area contributed by atoms with Crippen molar-refractivity contribution in [2.75, 3.05) is 26.7 Å². The van der Waals surface area contributed by atoms with Gasteiger partial charge >= 0.3 is 5.97 Å². The fraction of sp³-hybridized carbons (Fsp3) is 0.850. The molecule has 0 saturated heterocycles. The maximum atomic E-state index is 11.2. The third kappa shape index (κ3) is 15.8. The number of ether oxygens (including phenoxy) is 1. The molecule has 0 aromatic heterocycles. The van der Waals surface area contributed by atoms with E-state index in [0.717, 1.165) is 13.1 Å². The summed E-state index contributed by atoms with van der Waals surface area (Å²) in [6, 6.07) is 0. The average molecular weight is 326 g/mol. The monoisotopic (exact) mass is 325 g/mol. The highest BCUT2D eigenvalue weighted by Gasteiger charge is 2.04. The van der Waals surface area contributed by atoms with Gasteiger partial charge in [0, 0.05) is 12.1 Å². The van der Waals surface area contributed by atoms with Crippen molar-refractivity contribution in [2.45, 2.75) is 84.5 Å². The van der Waals surface area contributed by atoms with Gasteiger partial charge in [0.05, 0.1) is 0 Å². The van der Waals surface area contributed by atoms with Crippen LogP contribution >= 0.6 is 0 Å². The molecular weight excluding hydrogens is 286 g/mol. The van der Waals surface area contributed by atoms with E-state index in [0.29, 0.717) is 12.2 Å². The van der Waals surface area contributed by atoms with Crippen LogP contribution in [0.3, 0.4) is 0 Å². The van der Waals surface area contributed by atoms with Gasteiger partial charge in [0.2, 0.25) is 0 Å². The molecule has 0 aliphatic rings. The highest BCUT2D eigenvalue weighted by Crippen LogP contribution is 2.11. The minimum absolute atomic E-state index is 0.284. The Morgan fingerprint density at radius 2 is 1.35 bits per heavy atom. The summed E-state index contributed by atoms with van der Waals surface area (Å²) in [5, 5.41) is 0. The normalized spacial score (nSPS) is 11.0. The summed E-state index contributed by atoms with van der Waals surface area (Å²) in [5.41, 5.74) is 0.470. The van der Waals surface area contributed by atoms with E-state index >= 15 is 0 Å². The molecule has 0 amide bonds. The third-order valence-corrected chi connectivity index (χ3v) is 4.20. The Morgan fingerprint density at radius 1 is 0.870 bits per heavy atom. The fourth-order valence-corrected chi connectivity index (χ4v) is 2.58. The van der Waals surface area contributed by atoms with Gasteiger partial charge in [-0.15, -0.1) is 0 Å². The molecule has 0 atom stereocenters. The van der Waals surface area contributed by atoms with Crippen molar-refractivity contribution in [2.24, 2.45) is 0 Å². The summed E-state index contributed by atoms with van der Waals surface area (Å²) >= 11 is 0. The van der Waals surface area contributed by atoms with Crippen LogP contribution in [0.5, 0.6) is 0 Å². The number of unbranched alkanes of at least 4 members (excludes halogenated alkanes) is 10. The second-order valence-corrected chi connectivity index (χ2v) is 6.76. The standard InChI is InChI=1S/C20H39NO2/c1-5-6-7-8-9-10-11-12-13-14-15-16-21(4)17-18-23-20(22)19(2)3/h2,5-18H2,1,3-4H3. The van der Waals surface area contributed by atoms with Gasteiger partial charge in [-0.2, -0.15) is 0 Å². The first-order valence-electron chi connectivity index (χ1n) is 9.59. The van der Waals surface area contributed by atoms with Crippen LogP contribution in [0.1, 0.15) is 84.5 Å². The van der Waals surface area contributed by atoms with E-state index in [1.807, 2.05) is 0 Å². The predicted octanol–water partition coefficient (Wildman–Crippen LogP) is 5.35. The van der Waals surface area contributed by atoms with Crippen LogP contribution < -0.4 is 0 Å². The molecule has 0 N–H and O–H groups in total. The highest BCUT2D eigenvalue weighted by atomic mass is 16.5. The largest absolute Gasteiger partial charge is 0.461 e. The number of likely N-dealkylation sites (N-methyl/N-ethyl adjacent to an activating group) is 1. The van der Waals surface area contributed by atoms with Crippen LogP contribution in [-0.4, -0.2) is 37.6 Å². The Bertz CT molecular complexity index is 302. The molecule has 0 saturated carbocycles. The molecule has 0 aliphatic carbocycles. The van der Waals surface area contributed by atoms with Crippen molar-refractivity contribution in [3.8, 4) is 0 Å². The fourth-order valence-electron chi connectivity index (χ4n) is 2.58. The van der Waals surface area contributed by atoms with Crippen LogP contribution in [-0.2, 0) is 9.53 Å². The van der Waals surface area contributed by atoms with Gasteiger partial charge in [0.25, 0.3) is 0 Å². The number of hydrogen-bond donors (Lipinski definition) is 0. The molecule has 0 heterocycles. The Morgan fingerprint density at radius 3 is 1.83 bits per heavy atom. The highest BCUT2D eigenvalue weighted by molar-refractivity contribution is 5.86. The molecule has 136 valence electrons. The number of nitrogens with zero attached hydrogens (tertiary/aromatic N) is 1. The lowest BCUT2D eigenvalue weighted by atomic mass is 10.1. The van der Waals surface area contributed by atoms with E-state index in [9.17, 15) is 4.79 Å². The van der Waals surface area contributed by atoms with Crippen LogP contribution in [0.2, 0.25) is 0 Å². The quantitative estimate of drug-likeness (QED) is 0.218. The summed E-state index contributed by atoms with van der Waals surface area (Å²) in [6.07, 6.45) is 15.1. The lowest BCUT2D eigenvalue weighted by molar-refractivity contribution is -0.139. The minimum atomic E-state index is -0.284. The van der Waals surface area contributed by atoms with Crippen molar-refractivity contribution in [1.29, 1.82) is 0 Å². The van der Waals surface area contributed by atoms with Gasteiger partial charge in [-0.05, 0) is 26.9 Å². The van der Waals surface area contributed by atoms with Gasteiger partial charge < -0.3 is 9.64 Å². The lowest BCUT2D eigenvalue weighted by Crippen LogP contribution is -2.25. The zero-order chi connectivity index (χ0) is 17.3. The molecule has 0 rings (SSSR count). The van der Waals surface area contributed by atoms with Gasteiger partial charge in [-0.3, -0.25) is 0 Å². The minimum Gasteiger partial charge on any atom is -0.461 e. The first-order valence-corrected chi connectivity index (χ1v) is 9.59. The molecule has 0 unspecified atom stereocenters. The van der Waals surface area contributed by atoms with Gasteiger partial charge in [0.1, 0.15) is 6.61 Å². The summed E-state index contributed by atoms with van der Waals surface area (Å²) in [6.45, 7) is 9.87. The van der Waals surface area contributed by atoms with Gasteiger partial charge in [0.15, 0.2) is 0 Å². The first kappa shape index (κ1) is 22.2. The van der Waals surface area contributed by atoms with Crippen molar-refractivity contribution in [3.63, 3.8) is 0 Å². The molecule has 0 aliphatic heterocycles. The second kappa shape index (κ2) is 16.0. The topological polar surface area (TPSA) is 29.5 Å². The number of carbonyl (C=O) groups is 1. The Balaban J connectivity index is 3.25.